The Hall–Kier alpha value is -1.85. The van der Waals surface area contributed by atoms with E-state index in [1.807, 2.05) is 0 Å². The van der Waals surface area contributed by atoms with Crippen LogP contribution >= 0.6 is 23.2 Å². The van der Waals surface area contributed by atoms with Crippen LogP contribution in [-0.4, -0.2) is 10.9 Å². The lowest BCUT2D eigenvalue weighted by atomic mass is 10.2. The fourth-order valence-corrected chi connectivity index (χ4v) is 1.93. The third-order valence-corrected chi connectivity index (χ3v) is 3.08. The van der Waals surface area contributed by atoms with Crippen molar-refractivity contribution in [3.63, 3.8) is 0 Å². The highest BCUT2D eigenvalue weighted by Gasteiger charge is 2.11. The summed E-state index contributed by atoms with van der Waals surface area (Å²) in [6.45, 7) is 0.193. The topological polar surface area (TPSA) is 68.0 Å². The SMILES string of the molecule is Nc1cnc(Cl)cc1C(=O)NCc1ccc(F)c(Cl)c1. The minimum absolute atomic E-state index is 0.00298. The molecule has 2 aromatic rings. The van der Waals surface area contributed by atoms with Crippen LogP contribution in [-0.2, 0) is 6.54 Å². The molecule has 7 heteroatoms. The predicted octanol–water partition coefficient (Wildman–Crippen LogP) is 3.04. The smallest absolute Gasteiger partial charge is 0.253 e. The summed E-state index contributed by atoms with van der Waals surface area (Å²) in [5.74, 6) is -0.904. The lowest BCUT2D eigenvalue weighted by molar-refractivity contribution is 0.0951. The molecule has 20 heavy (non-hydrogen) atoms. The minimum Gasteiger partial charge on any atom is -0.397 e. The summed E-state index contributed by atoms with van der Waals surface area (Å²) in [6.07, 6.45) is 1.31. The van der Waals surface area contributed by atoms with Gasteiger partial charge in [0.2, 0.25) is 0 Å². The van der Waals surface area contributed by atoms with Gasteiger partial charge in [0.1, 0.15) is 11.0 Å². The molecule has 0 radical (unpaired) electrons. The van der Waals surface area contributed by atoms with Gasteiger partial charge < -0.3 is 11.1 Å². The monoisotopic (exact) mass is 313 g/mol. The highest BCUT2D eigenvalue weighted by atomic mass is 35.5. The molecule has 4 nitrogen and oxygen atoms in total. The number of nitrogen functional groups attached to an aromatic ring is 1. The number of pyridine rings is 1. The molecule has 1 aromatic heterocycles. The number of benzene rings is 1. The first-order valence-corrected chi connectivity index (χ1v) is 6.36. The lowest BCUT2D eigenvalue weighted by Crippen LogP contribution is -2.24. The minimum atomic E-state index is -0.507. The Balaban J connectivity index is 2.08. The second-order valence-corrected chi connectivity index (χ2v) is 4.82. The van der Waals surface area contributed by atoms with Crippen LogP contribution in [0.5, 0.6) is 0 Å². The van der Waals surface area contributed by atoms with Crippen molar-refractivity contribution < 1.29 is 9.18 Å². The third kappa shape index (κ3) is 3.37. The maximum absolute atomic E-state index is 13.0. The van der Waals surface area contributed by atoms with E-state index >= 15 is 0 Å². The van der Waals surface area contributed by atoms with Crippen LogP contribution in [0.25, 0.3) is 0 Å². The molecule has 0 aliphatic rings. The number of nitrogens with one attached hydrogen (secondary N) is 1. The first kappa shape index (κ1) is 14.6. The van der Waals surface area contributed by atoms with Crippen LogP contribution in [0.15, 0.2) is 30.5 Å². The summed E-state index contributed by atoms with van der Waals surface area (Å²) in [6, 6.07) is 5.59. The number of hydrogen-bond donors (Lipinski definition) is 2. The van der Waals surface area contributed by atoms with Crippen LogP contribution in [0.4, 0.5) is 10.1 Å². The summed E-state index contributed by atoms with van der Waals surface area (Å²) in [4.78, 5) is 15.7. The number of hydrogen-bond acceptors (Lipinski definition) is 3. The Bertz CT molecular complexity index is 664. The molecule has 0 aliphatic heterocycles. The average molecular weight is 314 g/mol. The van der Waals surface area contributed by atoms with E-state index < -0.39 is 11.7 Å². The van der Waals surface area contributed by atoms with Crippen LogP contribution in [0.3, 0.4) is 0 Å². The molecule has 0 bridgehead atoms. The van der Waals surface area contributed by atoms with Gasteiger partial charge in [-0.2, -0.15) is 0 Å². The van der Waals surface area contributed by atoms with Gasteiger partial charge in [0, 0.05) is 6.54 Å². The largest absolute Gasteiger partial charge is 0.397 e. The zero-order valence-corrected chi connectivity index (χ0v) is 11.7. The maximum Gasteiger partial charge on any atom is 0.253 e. The van der Waals surface area contributed by atoms with Crippen molar-refractivity contribution in [1.29, 1.82) is 0 Å². The number of carbonyl (C=O) groups is 1. The summed E-state index contributed by atoms with van der Waals surface area (Å²) in [5, 5.41) is 2.82. The van der Waals surface area contributed by atoms with E-state index in [9.17, 15) is 9.18 Å². The summed E-state index contributed by atoms with van der Waals surface area (Å²) in [7, 11) is 0. The Morgan fingerprint density at radius 3 is 2.80 bits per heavy atom. The quantitative estimate of drug-likeness (QED) is 0.856. The van der Waals surface area contributed by atoms with Gasteiger partial charge in [-0.1, -0.05) is 29.3 Å². The molecular formula is C13H10Cl2FN3O. The molecule has 0 saturated carbocycles. The van der Waals surface area contributed by atoms with Gasteiger partial charge in [-0.05, 0) is 23.8 Å². The molecule has 1 aromatic carbocycles. The molecule has 1 amide bonds. The number of aromatic nitrogens is 1. The normalized spacial score (nSPS) is 10.3. The van der Waals surface area contributed by atoms with Crippen molar-refractivity contribution in [2.75, 3.05) is 5.73 Å². The highest BCUT2D eigenvalue weighted by molar-refractivity contribution is 6.30. The number of nitrogens with zero attached hydrogens (tertiary/aromatic N) is 1. The molecule has 0 saturated heterocycles. The standard InChI is InChI=1S/C13H10Cl2FN3O/c14-9-3-7(1-2-10(9)16)5-19-13(20)8-4-12(15)18-6-11(8)17/h1-4,6H,5,17H2,(H,19,20). The molecule has 104 valence electrons. The predicted molar refractivity (Wildman–Crippen MR) is 76.2 cm³/mol. The zero-order valence-electron chi connectivity index (χ0n) is 10.2. The number of anilines is 1. The molecule has 1 heterocycles. The van der Waals surface area contributed by atoms with Gasteiger partial charge in [-0.3, -0.25) is 4.79 Å². The van der Waals surface area contributed by atoms with E-state index in [2.05, 4.69) is 10.3 Å². The van der Waals surface area contributed by atoms with Crippen molar-refractivity contribution in [3.8, 4) is 0 Å². The van der Waals surface area contributed by atoms with Gasteiger partial charge in [-0.25, -0.2) is 9.37 Å². The van der Waals surface area contributed by atoms with Gasteiger partial charge >= 0.3 is 0 Å². The number of halogens is 3. The Morgan fingerprint density at radius 2 is 2.10 bits per heavy atom. The molecule has 2 rings (SSSR count). The Kier molecular flexibility index (Phi) is 4.42. The van der Waals surface area contributed by atoms with Crippen molar-refractivity contribution in [3.05, 3.63) is 57.6 Å². The van der Waals surface area contributed by atoms with E-state index in [4.69, 9.17) is 28.9 Å². The molecule has 0 fully saturated rings. The van der Waals surface area contributed by atoms with E-state index in [0.717, 1.165) is 0 Å². The van der Waals surface area contributed by atoms with Gasteiger partial charge in [0.05, 0.1) is 22.5 Å². The zero-order chi connectivity index (χ0) is 14.7. The van der Waals surface area contributed by atoms with Crippen LogP contribution in [0.1, 0.15) is 15.9 Å². The molecule has 0 aliphatic carbocycles. The van der Waals surface area contributed by atoms with E-state index in [1.54, 1.807) is 0 Å². The van der Waals surface area contributed by atoms with Crippen molar-refractivity contribution >= 4 is 34.8 Å². The molecule has 3 N–H and O–H groups in total. The van der Waals surface area contributed by atoms with Crippen molar-refractivity contribution in [1.82, 2.24) is 10.3 Å². The summed E-state index contributed by atoms with van der Waals surface area (Å²) >= 11 is 11.4. The van der Waals surface area contributed by atoms with E-state index in [-0.39, 0.29) is 28.0 Å². The lowest BCUT2D eigenvalue weighted by Gasteiger charge is -2.08. The second kappa shape index (κ2) is 6.07. The summed E-state index contributed by atoms with van der Waals surface area (Å²) in [5.41, 5.74) is 6.78. The molecule has 0 spiro atoms. The van der Waals surface area contributed by atoms with Gasteiger partial charge in [-0.15, -0.1) is 0 Å². The van der Waals surface area contributed by atoms with Crippen LogP contribution in [0, 0.1) is 5.82 Å². The molecule has 0 atom stereocenters. The molecular weight excluding hydrogens is 304 g/mol. The van der Waals surface area contributed by atoms with Crippen molar-refractivity contribution in [2.24, 2.45) is 0 Å². The number of carbonyl (C=O) groups excluding carboxylic acids is 1. The fourth-order valence-electron chi connectivity index (χ4n) is 1.56. The first-order chi connectivity index (χ1) is 9.47. The Morgan fingerprint density at radius 1 is 1.35 bits per heavy atom. The van der Waals surface area contributed by atoms with Gasteiger partial charge in [0.25, 0.3) is 5.91 Å². The number of amides is 1. The first-order valence-electron chi connectivity index (χ1n) is 5.60. The highest BCUT2D eigenvalue weighted by Crippen LogP contribution is 2.17. The third-order valence-electron chi connectivity index (χ3n) is 2.58. The maximum atomic E-state index is 13.0. The van der Waals surface area contributed by atoms with E-state index in [1.165, 1.54) is 30.5 Å². The fraction of sp³-hybridized carbons (Fsp3) is 0.0769. The second-order valence-electron chi connectivity index (χ2n) is 4.03. The van der Waals surface area contributed by atoms with Gasteiger partial charge in [0.15, 0.2) is 0 Å². The van der Waals surface area contributed by atoms with Crippen molar-refractivity contribution in [2.45, 2.75) is 6.54 Å². The van der Waals surface area contributed by atoms with Crippen LogP contribution in [0.2, 0.25) is 10.2 Å². The Labute approximate surface area is 124 Å². The van der Waals surface area contributed by atoms with Crippen LogP contribution < -0.4 is 11.1 Å². The van der Waals surface area contributed by atoms with E-state index in [0.29, 0.717) is 5.56 Å². The molecule has 0 unspecified atom stereocenters. The average Bonchev–Trinajstić information content (AvgIpc) is 2.42. The number of rotatable bonds is 3. The number of nitrogens with two attached hydrogens (primary N) is 1. The summed E-state index contributed by atoms with van der Waals surface area (Å²) < 4.78 is 13.0.